The van der Waals surface area contributed by atoms with E-state index < -0.39 is 0 Å². The molecule has 0 saturated heterocycles. The van der Waals surface area contributed by atoms with Crippen LogP contribution < -0.4 is 10.5 Å². The molecule has 2 aromatic carbocycles. The zero-order valence-corrected chi connectivity index (χ0v) is 11.2. The normalized spacial score (nSPS) is 12.2. The van der Waals surface area contributed by atoms with Crippen molar-refractivity contribution in [3.05, 3.63) is 53.8 Å². The standard InChI is InChI=1S/C16H18FNO/c1-3-16(18)12-6-4-5-11(9-12)14-8-7-13(19-2)10-15(14)17/h4-10,16H,3,18H2,1-2H3. The maximum Gasteiger partial charge on any atom is 0.134 e. The number of ether oxygens (including phenoxy) is 1. The van der Waals surface area contributed by atoms with Crippen molar-refractivity contribution in [2.24, 2.45) is 5.73 Å². The molecular formula is C16H18FNO. The fourth-order valence-electron chi connectivity index (χ4n) is 2.03. The Bertz CT molecular complexity index is 568. The number of hydrogen-bond acceptors (Lipinski definition) is 2. The first-order chi connectivity index (χ1) is 9.15. The molecule has 2 aromatic rings. The molecule has 0 heterocycles. The summed E-state index contributed by atoms with van der Waals surface area (Å²) in [7, 11) is 1.52. The molecule has 19 heavy (non-hydrogen) atoms. The number of nitrogens with two attached hydrogens (primary N) is 1. The minimum atomic E-state index is -0.290. The third-order valence-electron chi connectivity index (χ3n) is 3.24. The number of methoxy groups -OCH3 is 1. The van der Waals surface area contributed by atoms with Gasteiger partial charge in [-0.25, -0.2) is 4.39 Å². The van der Waals surface area contributed by atoms with Crippen molar-refractivity contribution in [2.45, 2.75) is 19.4 Å². The van der Waals surface area contributed by atoms with E-state index in [4.69, 9.17) is 10.5 Å². The fourth-order valence-corrected chi connectivity index (χ4v) is 2.03. The molecular weight excluding hydrogens is 241 g/mol. The molecule has 1 unspecified atom stereocenters. The molecule has 0 aliphatic carbocycles. The summed E-state index contributed by atoms with van der Waals surface area (Å²) in [4.78, 5) is 0. The first-order valence-electron chi connectivity index (χ1n) is 6.35. The summed E-state index contributed by atoms with van der Waals surface area (Å²) >= 11 is 0. The Morgan fingerprint density at radius 3 is 2.63 bits per heavy atom. The zero-order chi connectivity index (χ0) is 13.8. The third kappa shape index (κ3) is 2.93. The number of rotatable bonds is 4. The lowest BCUT2D eigenvalue weighted by Gasteiger charge is -2.12. The highest BCUT2D eigenvalue weighted by atomic mass is 19.1. The van der Waals surface area contributed by atoms with Crippen molar-refractivity contribution in [3.63, 3.8) is 0 Å². The van der Waals surface area contributed by atoms with E-state index in [1.54, 1.807) is 12.1 Å². The second-order valence-electron chi connectivity index (χ2n) is 4.49. The Kier molecular flexibility index (Phi) is 4.17. The highest BCUT2D eigenvalue weighted by Crippen LogP contribution is 2.28. The van der Waals surface area contributed by atoms with E-state index in [1.807, 2.05) is 31.2 Å². The third-order valence-corrected chi connectivity index (χ3v) is 3.24. The van der Waals surface area contributed by atoms with Crippen LogP contribution in [0.25, 0.3) is 11.1 Å². The van der Waals surface area contributed by atoms with Crippen LogP contribution in [0.2, 0.25) is 0 Å². The largest absolute Gasteiger partial charge is 0.497 e. The molecule has 0 aromatic heterocycles. The van der Waals surface area contributed by atoms with Crippen molar-refractivity contribution in [1.82, 2.24) is 0 Å². The van der Waals surface area contributed by atoms with E-state index >= 15 is 0 Å². The van der Waals surface area contributed by atoms with E-state index in [0.717, 1.165) is 17.5 Å². The monoisotopic (exact) mass is 259 g/mol. The molecule has 0 amide bonds. The molecule has 3 heteroatoms. The van der Waals surface area contributed by atoms with Gasteiger partial charge in [0.1, 0.15) is 11.6 Å². The highest BCUT2D eigenvalue weighted by Gasteiger charge is 2.09. The van der Waals surface area contributed by atoms with Crippen LogP contribution in [0.15, 0.2) is 42.5 Å². The summed E-state index contributed by atoms with van der Waals surface area (Å²) in [5.41, 5.74) is 8.43. The molecule has 0 aliphatic rings. The van der Waals surface area contributed by atoms with Crippen LogP contribution in [0.1, 0.15) is 24.9 Å². The Hall–Kier alpha value is -1.87. The van der Waals surface area contributed by atoms with Crippen LogP contribution in [0, 0.1) is 5.82 Å². The lowest BCUT2D eigenvalue weighted by molar-refractivity contribution is 0.411. The van der Waals surface area contributed by atoms with Gasteiger partial charge in [-0.1, -0.05) is 25.1 Å². The van der Waals surface area contributed by atoms with Gasteiger partial charge in [0.15, 0.2) is 0 Å². The van der Waals surface area contributed by atoms with E-state index in [2.05, 4.69) is 0 Å². The zero-order valence-electron chi connectivity index (χ0n) is 11.2. The summed E-state index contributed by atoms with van der Waals surface area (Å²) in [6.45, 7) is 2.03. The van der Waals surface area contributed by atoms with Crippen molar-refractivity contribution in [2.75, 3.05) is 7.11 Å². The summed E-state index contributed by atoms with van der Waals surface area (Å²) < 4.78 is 19.0. The first-order valence-corrected chi connectivity index (χ1v) is 6.35. The highest BCUT2D eigenvalue weighted by molar-refractivity contribution is 5.65. The molecule has 100 valence electrons. The van der Waals surface area contributed by atoms with Gasteiger partial charge in [-0.05, 0) is 35.7 Å². The Balaban J connectivity index is 2.41. The lowest BCUT2D eigenvalue weighted by Crippen LogP contribution is -2.08. The molecule has 0 fully saturated rings. The topological polar surface area (TPSA) is 35.2 Å². The van der Waals surface area contributed by atoms with Gasteiger partial charge in [0.05, 0.1) is 7.11 Å². The molecule has 2 rings (SSSR count). The molecule has 0 spiro atoms. The fraction of sp³-hybridized carbons (Fsp3) is 0.250. The minimum absolute atomic E-state index is 0.0127. The molecule has 0 saturated carbocycles. The molecule has 2 N–H and O–H groups in total. The van der Waals surface area contributed by atoms with Gasteiger partial charge in [0.2, 0.25) is 0 Å². The SMILES string of the molecule is CCC(N)c1cccc(-c2ccc(OC)cc2F)c1. The molecule has 2 nitrogen and oxygen atoms in total. The van der Waals surface area contributed by atoms with Crippen LogP contribution in [0.3, 0.4) is 0 Å². The van der Waals surface area contributed by atoms with E-state index in [1.165, 1.54) is 13.2 Å². The number of hydrogen-bond donors (Lipinski definition) is 1. The average Bonchev–Trinajstić information content (AvgIpc) is 2.46. The maximum absolute atomic E-state index is 14.0. The van der Waals surface area contributed by atoms with E-state index in [9.17, 15) is 4.39 Å². The smallest absolute Gasteiger partial charge is 0.134 e. The first kappa shape index (κ1) is 13.6. The Morgan fingerprint density at radius 2 is 2.00 bits per heavy atom. The van der Waals surface area contributed by atoms with Gasteiger partial charge >= 0.3 is 0 Å². The van der Waals surface area contributed by atoms with Crippen LogP contribution >= 0.6 is 0 Å². The van der Waals surface area contributed by atoms with Crippen LogP contribution in [-0.4, -0.2) is 7.11 Å². The van der Waals surface area contributed by atoms with Crippen LogP contribution in [0.5, 0.6) is 5.75 Å². The maximum atomic E-state index is 14.0. The predicted octanol–water partition coefficient (Wildman–Crippen LogP) is 3.91. The Labute approximate surface area is 113 Å². The molecule has 1 atom stereocenters. The summed E-state index contributed by atoms with van der Waals surface area (Å²) in [6.07, 6.45) is 0.856. The quantitative estimate of drug-likeness (QED) is 0.903. The van der Waals surface area contributed by atoms with Crippen molar-refractivity contribution < 1.29 is 9.13 Å². The van der Waals surface area contributed by atoms with E-state index in [0.29, 0.717) is 11.3 Å². The van der Waals surface area contributed by atoms with Gasteiger partial charge in [-0.2, -0.15) is 0 Å². The minimum Gasteiger partial charge on any atom is -0.497 e. The van der Waals surface area contributed by atoms with Crippen molar-refractivity contribution >= 4 is 0 Å². The molecule has 0 bridgehead atoms. The number of benzene rings is 2. The number of halogens is 1. The van der Waals surface area contributed by atoms with Crippen molar-refractivity contribution in [3.8, 4) is 16.9 Å². The Morgan fingerprint density at radius 1 is 1.21 bits per heavy atom. The molecule has 0 radical (unpaired) electrons. The second-order valence-corrected chi connectivity index (χ2v) is 4.49. The predicted molar refractivity (Wildman–Crippen MR) is 75.6 cm³/mol. The summed E-state index contributed by atoms with van der Waals surface area (Å²) in [5, 5.41) is 0. The lowest BCUT2D eigenvalue weighted by atomic mass is 9.98. The average molecular weight is 259 g/mol. The van der Waals surface area contributed by atoms with Gasteiger partial charge < -0.3 is 10.5 Å². The van der Waals surface area contributed by atoms with E-state index in [-0.39, 0.29) is 11.9 Å². The van der Waals surface area contributed by atoms with Crippen LogP contribution in [0.4, 0.5) is 4.39 Å². The van der Waals surface area contributed by atoms with Gasteiger partial charge in [0, 0.05) is 17.7 Å². The van der Waals surface area contributed by atoms with Crippen molar-refractivity contribution in [1.29, 1.82) is 0 Å². The van der Waals surface area contributed by atoms with Gasteiger partial charge in [0.25, 0.3) is 0 Å². The van der Waals surface area contributed by atoms with Gasteiger partial charge in [-0.15, -0.1) is 0 Å². The molecule has 0 aliphatic heterocycles. The summed E-state index contributed by atoms with van der Waals surface area (Å²) in [6, 6.07) is 12.6. The summed E-state index contributed by atoms with van der Waals surface area (Å²) in [5.74, 6) is 0.226. The second kappa shape index (κ2) is 5.85. The van der Waals surface area contributed by atoms with Gasteiger partial charge in [-0.3, -0.25) is 0 Å². The van der Waals surface area contributed by atoms with Crippen LogP contribution in [-0.2, 0) is 0 Å².